The Morgan fingerprint density at radius 3 is 2.41 bits per heavy atom. The third-order valence-corrected chi connectivity index (χ3v) is 1.93. The highest BCUT2D eigenvalue weighted by Crippen LogP contribution is 1.97. The standard InChI is InChI=1S/C13H29N3O/c1-11(2)10-17-9-7-8-15-12(14-6)16-13(3,4)5/h11H,7-10H2,1-6H3,(H2,14,15,16). The number of hydrogen-bond donors (Lipinski definition) is 2. The summed E-state index contributed by atoms with van der Waals surface area (Å²) < 4.78 is 5.51. The van der Waals surface area contributed by atoms with Crippen LogP contribution in [-0.4, -0.2) is 38.3 Å². The molecule has 17 heavy (non-hydrogen) atoms. The zero-order valence-electron chi connectivity index (χ0n) is 12.3. The topological polar surface area (TPSA) is 45.7 Å². The molecule has 2 N–H and O–H groups in total. The first-order valence-electron chi connectivity index (χ1n) is 6.41. The van der Waals surface area contributed by atoms with Gasteiger partial charge >= 0.3 is 0 Å². The zero-order valence-corrected chi connectivity index (χ0v) is 12.3. The van der Waals surface area contributed by atoms with Crippen LogP contribution in [0, 0.1) is 5.92 Å². The maximum atomic E-state index is 5.51. The maximum Gasteiger partial charge on any atom is 0.191 e. The maximum absolute atomic E-state index is 5.51. The molecule has 0 rings (SSSR count). The van der Waals surface area contributed by atoms with Crippen LogP contribution in [0.25, 0.3) is 0 Å². The van der Waals surface area contributed by atoms with Crippen LogP contribution in [-0.2, 0) is 4.74 Å². The van der Waals surface area contributed by atoms with Crippen molar-refractivity contribution in [2.75, 3.05) is 26.8 Å². The third kappa shape index (κ3) is 11.5. The van der Waals surface area contributed by atoms with Crippen LogP contribution < -0.4 is 10.6 Å². The van der Waals surface area contributed by atoms with Gasteiger partial charge in [-0.1, -0.05) is 13.8 Å². The number of ether oxygens (including phenoxy) is 1. The summed E-state index contributed by atoms with van der Waals surface area (Å²) in [5, 5.41) is 6.59. The molecule has 0 amide bonds. The Morgan fingerprint density at radius 1 is 1.29 bits per heavy atom. The highest BCUT2D eigenvalue weighted by molar-refractivity contribution is 5.80. The van der Waals surface area contributed by atoms with E-state index in [2.05, 4.69) is 50.2 Å². The number of hydrogen-bond acceptors (Lipinski definition) is 2. The third-order valence-electron chi connectivity index (χ3n) is 1.93. The van der Waals surface area contributed by atoms with Gasteiger partial charge in [-0.05, 0) is 33.1 Å². The lowest BCUT2D eigenvalue weighted by molar-refractivity contribution is 0.108. The molecule has 0 aromatic heterocycles. The van der Waals surface area contributed by atoms with Gasteiger partial charge in [0.05, 0.1) is 0 Å². The highest BCUT2D eigenvalue weighted by Gasteiger charge is 2.10. The van der Waals surface area contributed by atoms with Crippen molar-refractivity contribution in [2.45, 2.75) is 46.6 Å². The largest absolute Gasteiger partial charge is 0.381 e. The van der Waals surface area contributed by atoms with Crippen LogP contribution in [0.15, 0.2) is 4.99 Å². The van der Waals surface area contributed by atoms with Gasteiger partial charge in [0.1, 0.15) is 0 Å². The highest BCUT2D eigenvalue weighted by atomic mass is 16.5. The summed E-state index contributed by atoms with van der Waals surface area (Å²) in [4.78, 5) is 4.17. The molecular formula is C13H29N3O. The van der Waals surface area contributed by atoms with Crippen molar-refractivity contribution in [3.63, 3.8) is 0 Å². The van der Waals surface area contributed by atoms with Crippen LogP contribution in [0.4, 0.5) is 0 Å². The van der Waals surface area contributed by atoms with Crippen LogP contribution in [0.3, 0.4) is 0 Å². The van der Waals surface area contributed by atoms with Gasteiger partial charge in [0.15, 0.2) is 5.96 Å². The van der Waals surface area contributed by atoms with E-state index < -0.39 is 0 Å². The molecule has 0 fully saturated rings. The Balaban J connectivity index is 3.59. The smallest absolute Gasteiger partial charge is 0.191 e. The normalized spacial score (nSPS) is 13.0. The summed E-state index contributed by atoms with van der Waals surface area (Å²) in [5.74, 6) is 1.46. The van der Waals surface area contributed by atoms with E-state index in [4.69, 9.17) is 4.74 Å². The van der Waals surface area contributed by atoms with Crippen LogP contribution in [0.5, 0.6) is 0 Å². The Labute approximate surface area is 106 Å². The fourth-order valence-corrected chi connectivity index (χ4v) is 1.23. The van der Waals surface area contributed by atoms with Gasteiger partial charge in [0.25, 0.3) is 0 Å². The Morgan fingerprint density at radius 2 is 1.94 bits per heavy atom. The second-order valence-corrected chi connectivity index (χ2v) is 5.70. The van der Waals surface area contributed by atoms with Gasteiger partial charge in [0, 0.05) is 32.3 Å². The molecule has 0 aromatic carbocycles. The first kappa shape index (κ1) is 16.2. The van der Waals surface area contributed by atoms with Gasteiger partial charge in [-0.25, -0.2) is 0 Å². The van der Waals surface area contributed by atoms with E-state index in [0.717, 1.165) is 32.1 Å². The summed E-state index contributed by atoms with van der Waals surface area (Å²) >= 11 is 0. The summed E-state index contributed by atoms with van der Waals surface area (Å²) in [6.45, 7) is 13.2. The van der Waals surface area contributed by atoms with Gasteiger partial charge in [-0.3, -0.25) is 4.99 Å². The fraction of sp³-hybridized carbons (Fsp3) is 0.923. The minimum Gasteiger partial charge on any atom is -0.381 e. The molecule has 0 saturated carbocycles. The Bertz CT molecular complexity index is 219. The van der Waals surface area contributed by atoms with Crippen molar-refractivity contribution >= 4 is 5.96 Å². The number of rotatable bonds is 6. The lowest BCUT2D eigenvalue weighted by Gasteiger charge is -2.23. The van der Waals surface area contributed by atoms with Gasteiger partial charge in [-0.15, -0.1) is 0 Å². The van der Waals surface area contributed by atoms with E-state index in [1.807, 2.05) is 0 Å². The van der Waals surface area contributed by atoms with Crippen molar-refractivity contribution in [3.05, 3.63) is 0 Å². The van der Waals surface area contributed by atoms with E-state index in [0.29, 0.717) is 5.92 Å². The van der Waals surface area contributed by atoms with E-state index in [-0.39, 0.29) is 5.54 Å². The fourth-order valence-electron chi connectivity index (χ4n) is 1.23. The SMILES string of the molecule is CN=C(NCCCOCC(C)C)NC(C)(C)C. The average molecular weight is 243 g/mol. The number of nitrogens with zero attached hydrogens (tertiary/aromatic N) is 1. The molecule has 0 bridgehead atoms. The summed E-state index contributed by atoms with van der Waals surface area (Å²) in [6, 6.07) is 0. The monoisotopic (exact) mass is 243 g/mol. The molecule has 0 radical (unpaired) electrons. The average Bonchev–Trinajstić information content (AvgIpc) is 2.19. The van der Waals surface area contributed by atoms with Crippen molar-refractivity contribution in [2.24, 2.45) is 10.9 Å². The molecule has 4 heteroatoms. The minimum absolute atomic E-state index is 0.0377. The molecule has 4 nitrogen and oxygen atoms in total. The van der Waals surface area contributed by atoms with Gasteiger partial charge in [-0.2, -0.15) is 0 Å². The molecule has 0 unspecified atom stereocenters. The quantitative estimate of drug-likeness (QED) is 0.426. The Hall–Kier alpha value is -0.770. The molecular weight excluding hydrogens is 214 g/mol. The van der Waals surface area contributed by atoms with Crippen molar-refractivity contribution in [3.8, 4) is 0 Å². The Kier molecular flexibility index (Phi) is 7.96. The molecule has 0 heterocycles. The summed E-state index contributed by atoms with van der Waals surface area (Å²) in [5.41, 5.74) is 0.0377. The lowest BCUT2D eigenvalue weighted by Crippen LogP contribution is -2.47. The molecule has 0 aromatic rings. The van der Waals surface area contributed by atoms with Gasteiger partial charge in [0.2, 0.25) is 0 Å². The second kappa shape index (κ2) is 8.34. The van der Waals surface area contributed by atoms with E-state index in [1.54, 1.807) is 7.05 Å². The summed E-state index contributed by atoms with van der Waals surface area (Å²) in [7, 11) is 1.79. The molecule has 0 atom stereocenters. The zero-order chi connectivity index (χ0) is 13.3. The number of nitrogens with one attached hydrogen (secondary N) is 2. The van der Waals surface area contributed by atoms with Crippen LogP contribution >= 0.6 is 0 Å². The minimum atomic E-state index is 0.0377. The number of guanidine groups is 1. The van der Waals surface area contributed by atoms with E-state index >= 15 is 0 Å². The first-order chi connectivity index (χ1) is 7.85. The molecule has 102 valence electrons. The molecule has 0 aliphatic rings. The molecule has 0 spiro atoms. The predicted molar refractivity (Wildman–Crippen MR) is 74.5 cm³/mol. The van der Waals surface area contributed by atoms with E-state index in [1.165, 1.54) is 0 Å². The van der Waals surface area contributed by atoms with Crippen LogP contribution in [0.1, 0.15) is 41.0 Å². The van der Waals surface area contributed by atoms with Gasteiger partial charge < -0.3 is 15.4 Å². The lowest BCUT2D eigenvalue weighted by atomic mass is 10.1. The predicted octanol–water partition coefficient (Wildman–Crippen LogP) is 2.01. The van der Waals surface area contributed by atoms with Crippen LogP contribution in [0.2, 0.25) is 0 Å². The summed E-state index contributed by atoms with van der Waals surface area (Å²) in [6.07, 6.45) is 0.998. The second-order valence-electron chi connectivity index (χ2n) is 5.70. The van der Waals surface area contributed by atoms with E-state index in [9.17, 15) is 0 Å². The molecule has 0 aliphatic heterocycles. The number of aliphatic imine (C=N–C) groups is 1. The van der Waals surface area contributed by atoms with Crippen molar-refractivity contribution < 1.29 is 4.74 Å². The molecule has 0 saturated heterocycles. The first-order valence-corrected chi connectivity index (χ1v) is 6.41. The molecule has 0 aliphatic carbocycles. The van der Waals surface area contributed by atoms with Crippen molar-refractivity contribution in [1.29, 1.82) is 0 Å². The van der Waals surface area contributed by atoms with Crippen molar-refractivity contribution in [1.82, 2.24) is 10.6 Å².